The third-order valence-electron chi connectivity index (χ3n) is 3.94. The van der Waals surface area contributed by atoms with Gasteiger partial charge in [0.25, 0.3) is 0 Å². The van der Waals surface area contributed by atoms with Gasteiger partial charge in [-0.2, -0.15) is 4.98 Å². The second-order valence-corrected chi connectivity index (χ2v) is 5.40. The topological polar surface area (TPSA) is 70.0 Å². The highest BCUT2D eigenvalue weighted by Gasteiger charge is 2.22. The van der Waals surface area contributed by atoms with E-state index in [1.807, 2.05) is 20.0 Å². The maximum absolute atomic E-state index is 5.44. The van der Waals surface area contributed by atoms with Gasteiger partial charge in [-0.15, -0.1) is 5.10 Å². The van der Waals surface area contributed by atoms with Crippen LogP contribution < -0.4 is 10.2 Å². The van der Waals surface area contributed by atoms with Gasteiger partial charge in [-0.1, -0.05) is 0 Å². The number of piperidine rings is 1. The summed E-state index contributed by atoms with van der Waals surface area (Å²) in [6, 6.07) is 1.93. The molecule has 0 amide bonds. The van der Waals surface area contributed by atoms with Crippen LogP contribution in [0.15, 0.2) is 16.7 Å². The molecule has 108 valence electrons. The molecular weight excluding hydrogens is 254 g/mol. The summed E-state index contributed by atoms with van der Waals surface area (Å²) in [5.74, 6) is 3.02. The van der Waals surface area contributed by atoms with Crippen molar-refractivity contribution in [2.45, 2.75) is 19.8 Å². The molecular formula is C14H21N5O. The van der Waals surface area contributed by atoms with Crippen LogP contribution in [0.2, 0.25) is 0 Å². The van der Waals surface area contributed by atoms with E-state index in [2.05, 4.69) is 25.4 Å². The zero-order valence-corrected chi connectivity index (χ0v) is 12.0. The van der Waals surface area contributed by atoms with E-state index in [9.17, 15) is 0 Å². The highest BCUT2D eigenvalue weighted by molar-refractivity contribution is 5.53. The fourth-order valence-electron chi connectivity index (χ4n) is 2.74. The Morgan fingerprint density at radius 2 is 2.25 bits per heavy atom. The van der Waals surface area contributed by atoms with Crippen molar-refractivity contribution in [3.63, 3.8) is 0 Å². The first-order valence-electron chi connectivity index (χ1n) is 7.14. The molecule has 3 rings (SSSR count). The highest BCUT2D eigenvalue weighted by Crippen LogP contribution is 2.24. The summed E-state index contributed by atoms with van der Waals surface area (Å²) in [7, 11) is 2.01. The zero-order chi connectivity index (χ0) is 13.9. The Labute approximate surface area is 118 Å². The largest absolute Gasteiger partial charge is 0.461 e. The van der Waals surface area contributed by atoms with Gasteiger partial charge >= 0.3 is 0 Å². The third-order valence-corrected chi connectivity index (χ3v) is 3.94. The molecule has 6 heteroatoms. The first-order valence-corrected chi connectivity index (χ1v) is 7.14. The lowest BCUT2D eigenvalue weighted by Gasteiger charge is -2.30. The summed E-state index contributed by atoms with van der Waals surface area (Å²) in [5.41, 5.74) is 1.07. The van der Waals surface area contributed by atoms with Gasteiger partial charge in [-0.3, -0.25) is 5.10 Å². The van der Waals surface area contributed by atoms with Crippen molar-refractivity contribution >= 4 is 5.95 Å². The molecule has 6 nitrogen and oxygen atoms in total. The number of H-pyrrole nitrogens is 1. The molecule has 0 atom stereocenters. The molecule has 0 aromatic carbocycles. The average molecular weight is 275 g/mol. The van der Waals surface area contributed by atoms with E-state index in [1.54, 1.807) is 6.26 Å². The Bertz CT molecular complexity index is 553. The zero-order valence-electron chi connectivity index (χ0n) is 12.0. The second kappa shape index (κ2) is 5.66. The third kappa shape index (κ3) is 2.56. The van der Waals surface area contributed by atoms with Crippen LogP contribution in [0.25, 0.3) is 11.6 Å². The van der Waals surface area contributed by atoms with E-state index in [0.717, 1.165) is 42.8 Å². The number of hydrogen-bond donors (Lipinski definition) is 2. The normalized spacial score (nSPS) is 16.8. The lowest BCUT2D eigenvalue weighted by molar-refractivity contribution is 0.391. The molecule has 3 heterocycles. The summed E-state index contributed by atoms with van der Waals surface area (Å²) in [6.45, 7) is 5.13. The van der Waals surface area contributed by atoms with Gasteiger partial charge in [0.15, 0.2) is 11.6 Å². The van der Waals surface area contributed by atoms with Crippen LogP contribution in [0.3, 0.4) is 0 Å². The van der Waals surface area contributed by atoms with E-state index < -0.39 is 0 Å². The molecule has 0 aliphatic carbocycles. The van der Waals surface area contributed by atoms with Crippen LogP contribution in [0.4, 0.5) is 5.95 Å². The average Bonchev–Trinajstić information content (AvgIpc) is 3.08. The molecule has 1 aliphatic heterocycles. The Kier molecular flexibility index (Phi) is 3.73. The Morgan fingerprint density at radius 3 is 2.90 bits per heavy atom. The first-order chi connectivity index (χ1) is 9.78. The van der Waals surface area contributed by atoms with Crippen molar-refractivity contribution in [2.75, 3.05) is 31.6 Å². The predicted octanol–water partition coefficient (Wildman–Crippen LogP) is 1.81. The van der Waals surface area contributed by atoms with Crippen molar-refractivity contribution in [3.05, 3.63) is 17.9 Å². The number of anilines is 1. The summed E-state index contributed by atoms with van der Waals surface area (Å²) < 4.78 is 5.44. The molecule has 1 fully saturated rings. The van der Waals surface area contributed by atoms with E-state index in [4.69, 9.17) is 4.42 Å². The van der Waals surface area contributed by atoms with Crippen LogP contribution in [-0.4, -0.2) is 41.9 Å². The number of nitrogens with zero attached hydrogens (tertiary/aromatic N) is 3. The maximum Gasteiger partial charge on any atom is 0.245 e. The Morgan fingerprint density at radius 1 is 1.45 bits per heavy atom. The molecule has 2 aromatic rings. The standard InChI is InChI=1S/C14H21N5O/c1-10-5-8-20-12(10)13-16-14(18-17-13)19-6-3-11(4-7-19)9-15-2/h5,8,11,15H,3-4,6-7,9H2,1-2H3,(H,16,17,18). The van der Waals surface area contributed by atoms with E-state index >= 15 is 0 Å². The predicted molar refractivity (Wildman–Crippen MR) is 77.7 cm³/mol. The quantitative estimate of drug-likeness (QED) is 0.890. The minimum Gasteiger partial charge on any atom is -0.461 e. The molecule has 2 aromatic heterocycles. The molecule has 0 saturated carbocycles. The van der Waals surface area contributed by atoms with Crippen molar-refractivity contribution in [2.24, 2.45) is 5.92 Å². The van der Waals surface area contributed by atoms with Gasteiger partial charge in [-0.05, 0) is 50.9 Å². The molecule has 1 saturated heterocycles. The number of nitrogens with one attached hydrogen (secondary N) is 2. The lowest BCUT2D eigenvalue weighted by atomic mass is 9.97. The minimum absolute atomic E-state index is 0.708. The van der Waals surface area contributed by atoms with Crippen molar-refractivity contribution in [1.82, 2.24) is 20.5 Å². The minimum atomic E-state index is 0.708. The smallest absolute Gasteiger partial charge is 0.245 e. The summed E-state index contributed by atoms with van der Waals surface area (Å²) >= 11 is 0. The first kappa shape index (κ1) is 13.2. The van der Waals surface area contributed by atoms with Gasteiger partial charge in [0, 0.05) is 13.1 Å². The maximum atomic E-state index is 5.44. The molecule has 0 bridgehead atoms. The van der Waals surface area contributed by atoms with Crippen LogP contribution in [0.1, 0.15) is 18.4 Å². The van der Waals surface area contributed by atoms with Crippen LogP contribution >= 0.6 is 0 Å². The summed E-state index contributed by atoms with van der Waals surface area (Å²) in [6.07, 6.45) is 4.05. The highest BCUT2D eigenvalue weighted by atomic mass is 16.3. The molecule has 0 radical (unpaired) electrons. The molecule has 20 heavy (non-hydrogen) atoms. The monoisotopic (exact) mass is 275 g/mol. The number of hydrogen-bond acceptors (Lipinski definition) is 5. The Balaban J connectivity index is 1.68. The Hall–Kier alpha value is -1.82. The van der Waals surface area contributed by atoms with E-state index in [-0.39, 0.29) is 0 Å². The van der Waals surface area contributed by atoms with Gasteiger partial charge in [-0.25, -0.2) is 0 Å². The van der Waals surface area contributed by atoms with Gasteiger partial charge < -0.3 is 14.6 Å². The number of aryl methyl sites for hydroxylation is 1. The number of aromatic amines is 1. The SMILES string of the molecule is CNCC1CCN(c2n[nH]c(-c3occc3C)n2)CC1. The van der Waals surface area contributed by atoms with Crippen molar-refractivity contribution in [1.29, 1.82) is 0 Å². The lowest BCUT2D eigenvalue weighted by Crippen LogP contribution is -2.37. The van der Waals surface area contributed by atoms with Gasteiger partial charge in [0.2, 0.25) is 5.95 Å². The fourth-order valence-corrected chi connectivity index (χ4v) is 2.74. The second-order valence-electron chi connectivity index (χ2n) is 5.40. The van der Waals surface area contributed by atoms with Gasteiger partial charge in [0.05, 0.1) is 6.26 Å². The van der Waals surface area contributed by atoms with Crippen LogP contribution in [-0.2, 0) is 0 Å². The fraction of sp³-hybridized carbons (Fsp3) is 0.571. The molecule has 2 N–H and O–H groups in total. The molecule has 0 spiro atoms. The molecule has 0 unspecified atom stereocenters. The molecule has 1 aliphatic rings. The van der Waals surface area contributed by atoms with Crippen molar-refractivity contribution < 1.29 is 4.42 Å². The number of rotatable bonds is 4. The van der Waals surface area contributed by atoms with E-state index in [0.29, 0.717) is 5.82 Å². The van der Waals surface area contributed by atoms with E-state index in [1.165, 1.54) is 12.8 Å². The number of aromatic nitrogens is 3. The van der Waals surface area contributed by atoms with Crippen molar-refractivity contribution in [3.8, 4) is 11.6 Å². The number of furan rings is 1. The summed E-state index contributed by atoms with van der Waals surface area (Å²) in [5, 5.41) is 10.5. The summed E-state index contributed by atoms with van der Waals surface area (Å²) in [4.78, 5) is 6.80. The van der Waals surface area contributed by atoms with Crippen LogP contribution in [0, 0.1) is 12.8 Å². The van der Waals surface area contributed by atoms with Crippen LogP contribution in [0.5, 0.6) is 0 Å². The van der Waals surface area contributed by atoms with Gasteiger partial charge in [0.1, 0.15) is 0 Å².